The lowest BCUT2D eigenvalue weighted by molar-refractivity contribution is -0.118. The number of alkyl halides is 2. The Labute approximate surface area is 224 Å². The molecule has 1 saturated carbocycles. The van der Waals surface area contributed by atoms with E-state index in [9.17, 15) is 18.4 Å². The normalized spacial score (nSPS) is 18.1. The van der Waals surface area contributed by atoms with Crippen molar-refractivity contribution in [2.75, 3.05) is 17.2 Å². The number of halogens is 7. The van der Waals surface area contributed by atoms with Crippen LogP contribution >= 0.6 is 58.0 Å². The number of nitrogens with one attached hydrogen (secondary N) is 2. The van der Waals surface area contributed by atoms with E-state index in [4.69, 9.17) is 58.0 Å². The van der Waals surface area contributed by atoms with Gasteiger partial charge >= 0.3 is 0 Å². The van der Waals surface area contributed by atoms with Crippen LogP contribution in [0.15, 0.2) is 54.6 Å². The molecule has 1 fully saturated rings. The van der Waals surface area contributed by atoms with Crippen LogP contribution in [0.5, 0.6) is 0 Å². The highest BCUT2D eigenvalue weighted by atomic mass is 35.5. The van der Waals surface area contributed by atoms with Crippen LogP contribution in [-0.2, 0) is 4.79 Å². The fourth-order valence-electron chi connectivity index (χ4n) is 3.74. The van der Waals surface area contributed by atoms with Gasteiger partial charge in [0, 0.05) is 17.3 Å². The van der Waals surface area contributed by atoms with Crippen LogP contribution in [-0.4, -0.2) is 22.6 Å². The minimum Gasteiger partial charge on any atom is -0.378 e. The minimum absolute atomic E-state index is 0.147. The highest BCUT2D eigenvalue weighted by Gasteiger charge is 2.67. The van der Waals surface area contributed by atoms with E-state index in [0.29, 0.717) is 16.9 Å². The molecule has 0 bridgehead atoms. The third-order valence-corrected chi connectivity index (χ3v) is 7.37. The standard InChI is InChI=1S/C24H15Cl5F2N2O2/c25-16-6-5-14(9-15(16)23(35)33-13-3-1-12(30)2-4-13)32-10-19(34)21-20(24(21,28)29)11-7-17(26)22(31)18(27)8-11/h1-9,20-21,32H,10H2,(H,33,35). The van der Waals surface area contributed by atoms with Gasteiger partial charge in [-0.2, -0.15) is 0 Å². The predicted molar refractivity (Wildman–Crippen MR) is 136 cm³/mol. The summed E-state index contributed by atoms with van der Waals surface area (Å²) in [4.78, 5) is 25.5. The number of hydrogen-bond acceptors (Lipinski definition) is 3. The summed E-state index contributed by atoms with van der Waals surface area (Å²) in [6, 6.07) is 12.5. The number of rotatable bonds is 7. The van der Waals surface area contributed by atoms with E-state index < -0.39 is 33.7 Å². The Morgan fingerprint density at radius 1 is 0.857 bits per heavy atom. The van der Waals surface area contributed by atoms with Crippen LogP contribution < -0.4 is 10.6 Å². The van der Waals surface area contributed by atoms with E-state index in [0.717, 1.165) is 0 Å². The monoisotopic (exact) mass is 576 g/mol. The molecule has 3 aromatic carbocycles. The number of hydrogen-bond donors (Lipinski definition) is 2. The number of carbonyl (C=O) groups excluding carboxylic acids is 2. The summed E-state index contributed by atoms with van der Waals surface area (Å²) in [5.41, 5.74) is 1.45. The summed E-state index contributed by atoms with van der Waals surface area (Å²) in [7, 11) is 0. The summed E-state index contributed by atoms with van der Waals surface area (Å²) in [6.07, 6.45) is 0. The van der Waals surface area contributed by atoms with Crippen LogP contribution in [0, 0.1) is 17.6 Å². The highest BCUT2D eigenvalue weighted by Crippen LogP contribution is 2.65. The first kappa shape index (κ1) is 26.0. The molecule has 0 radical (unpaired) electrons. The van der Waals surface area contributed by atoms with E-state index >= 15 is 0 Å². The first-order valence-electron chi connectivity index (χ1n) is 10.1. The summed E-state index contributed by atoms with van der Waals surface area (Å²) in [5, 5.41) is 5.36. The molecule has 4 nitrogen and oxygen atoms in total. The Bertz CT molecular complexity index is 1290. The number of ketones is 1. The third kappa shape index (κ3) is 5.52. The van der Waals surface area contributed by atoms with Crippen molar-refractivity contribution in [1.82, 2.24) is 0 Å². The topological polar surface area (TPSA) is 58.2 Å². The molecule has 0 saturated heterocycles. The molecule has 4 rings (SSSR count). The molecule has 1 amide bonds. The molecule has 1 aliphatic carbocycles. The van der Waals surface area contributed by atoms with Crippen molar-refractivity contribution in [2.24, 2.45) is 5.92 Å². The molecule has 2 atom stereocenters. The summed E-state index contributed by atoms with van der Waals surface area (Å²) in [5.74, 6) is -3.40. The Balaban J connectivity index is 1.43. The van der Waals surface area contributed by atoms with Gasteiger partial charge in [-0.15, -0.1) is 23.2 Å². The Morgan fingerprint density at radius 3 is 2.09 bits per heavy atom. The lowest BCUT2D eigenvalue weighted by atomic mass is 10.1. The molecular weight excluding hydrogens is 564 g/mol. The quantitative estimate of drug-likeness (QED) is 0.223. The van der Waals surface area contributed by atoms with Gasteiger partial charge < -0.3 is 10.6 Å². The highest BCUT2D eigenvalue weighted by molar-refractivity contribution is 6.53. The molecule has 0 heterocycles. The smallest absolute Gasteiger partial charge is 0.257 e. The second-order valence-electron chi connectivity index (χ2n) is 7.90. The van der Waals surface area contributed by atoms with Crippen molar-refractivity contribution in [3.63, 3.8) is 0 Å². The van der Waals surface area contributed by atoms with Gasteiger partial charge in [0.2, 0.25) is 0 Å². The van der Waals surface area contributed by atoms with Crippen LogP contribution in [0.2, 0.25) is 15.1 Å². The molecule has 182 valence electrons. The second-order valence-corrected chi connectivity index (χ2v) is 10.6. The van der Waals surface area contributed by atoms with Crippen molar-refractivity contribution in [1.29, 1.82) is 0 Å². The van der Waals surface area contributed by atoms with Crippen molar-refractivity contribution >= 4 is 81.1 Å². The first-order chi connectivity index (χ1) is 16.5. The van der Waals surface area contributed by atoms with Gasteiger partial charge in [-0.05, 0) is 60.2 Å². The average molecular weight is 579 g/mol. The van der Waals surface area contributed by atoms with Crippen molar-refractivity contribution < 1.29 is 18.4 Å². The zero-order valence-corrected chi connectivity index (χ0v) is 21.3. The maximum atomic E-state index is 13.7. The maximum Gasteiger partial charge on any atom is 0.257 e. The molecule has 2 N–H and O–H groups in total. The molecule has 0 aliphatic heterocycles. The molecule has 0 aromatic heterocycles. The van der Waals surface area contributed by atoms with E-state index in [2.05, 4.69) is 10.6 Å². The Morgan fingerprint density at radius 2 is 1.46 bits per heavy atom. The number of anilines is 2. The van der Waals surface area contributed by atoms with E-state index in [1.807, 2.05) is 0 Å². The predicted octanol–water partition coefficient (Wildman–Crippen LogP) is 7.75. The summed E-state index contributed by atoms with van der Waals surface area (Å²) >= 11 is 30.6. The summed E-state index contributed by atoms with van der Waals surface area (Å²) in [6.45, 7) is -0.147. The largest absolute Gasteiger partial charge is 0.378 e. The second kappa shape index (κ2) is 10.1. The fraction of sp³-hybridized carbons (Fsp3) is 0.167. The molecule has 2 unspecified atom stereocenters. The zero-order chi connectivity index (χ0) is 25.5. The fourth-order valence-corrected chi connectivity index (χ4v) is 5.32. The third-order valence-electron chi connectivity index (χ3n) is 5.55. The lowest BCUT2D eigenvalue weighted by Gasteiger charge is -2.11. The van der Waals surface area contributed by atoms with Crippen molar-refractivity contribution in [2.45, 2.75) is 10.3 Å². The molecule has 0 spiro atoms. The molecule has 1 aliphatic rings. The first-order valence-corrected chi connectivity index (χ1v) is 12.0. The number of amides is 1. The van der Waals surface area contributed by atoms with Gasteiger partial charge in [0.05, 0.1) is 33.1 Å². The van der Waals surface area contributed by atoms with Gasteiger partial charge in [-0.25, -0.2) is 8.78 Å². The van der Waals surface area contributed by atoms with Gasteiger partial charge in [0.1, 0.15) is 10.2 Å². The molecular formula is C24H15Cl5F2N2O2. The van der Waals surface area contributed by atoms with E-state index in [-0.39, 0.29) is 33.0 Å². The van der Waals surface area contributed by atoms with Crippen molar-refractivity contribution in [3.8, 4) is 0 Å². The number of Topliss-reactive ketones (excluding diaryl/α,β-unsaturated/α-hetero) is 1. The number of carbonyl (C=O) groups is 2. The Hall–Kier alpha value is -2.09. The zero-order valence-electron chi connectivity index (χ0n) is 17.5. The molecule has 3 aromatic rings. The minimum atomic E-state index is -1.40. The lowest BCUT2D eigenvalue weighted by Crippen LogP contribution is -2.19. The van der Waals surface area contributed by atoms with Gasteiger partial charge in [-0.3, -0.25) is 9.59 Å². The molecule has 11 heteroatoms. The van der Waals surface area contributed by atoms with Gasteiger partial charge in [0.15, 0.2) is 11.6 Å². The van der Waals surface area contributed by atoms with Gasteiger partial charge in [0.25, 0.3) is 5.91 Å². The van der Waals surface area contributed by atoms with E-state index in [1.165, 1.54) is 48.5 Å². The molecule has 35 heavy (non-hydrogen) atoms. The van der Waals surface area contributed by atoms with Crippen LogP contribution in [0.1, 0.15) is 21.8 Å². The van der Waals surface area contributed by atoms with E-state index in [1.54, 1.807) is 6.07 Å². The Kier molecular flexibility index (Phi) is 7.51. The van der Waals surface area contributed by atoms with Crippen LogP contribution in [0.25, 0.3) is 0 Å². The van der Waals surface area contributed by atoms with Crippen LogP contribution in [0.4, 0.5) is 20.2 Å². The van der Waals surface area contributed by atoms with Crippen LogP contribution in [0.3, 0.4) is 0 Å². The van der Waals surface area contributed by atoms with Gasteiger partial charge in [-0.1, -0.05) is 34.8 Å². The van der Waals surface area contributed by atoms with Crippen molar-refractivity contribution in [3.05, 3.63) is 92.4 Å². The average Bonchev–Trinajstić information content (AvgIpc) is 3.39. The number of benzene rings is 3. The SMILES string of the molecule is O=C(Nc1ccc(F)cc1)c1cc(NCC(=O)C2C(c3cc(Cl)c(F)c(Cl)c3)C2(Cl)Cl)ccc1Cl. The summed E-state index contributed by atoms with van der Waals surface area (Å²) < 4.78 is 25.4. The maximum absolute atomic E-state index is 13.7.